The molecule has 0 spiro atoms. The molecule has 0 aliphatic carbocycles. The Balaban J connectivity index is 0.000000222. The standard InChI is InChI=1S/C23H22NS.C15H18GeN.Ir/c1-14(2)16(4)17-9-10-24-21(13-17)20-12-15(3)11-19-18-7-5-6-8-22(18)25-23(19)20;1-12-10-15(13-8-6-5-7-9-13)17-11-14(12)16(2,3)4;/h5-11,13-14,16H,1-4H3;5-8,10-11H,1-4H3;/q2*-1;/i14D,16D;;. The molecule has 0 bridgehead atoms. The van der Waals surface area contributed by atoms with E-state index in [4.69, 9.17) is 2.74 Å². The summed E-state index contributed by atoms with van der Waals surface area (Å²) in [5.74, 6) is 5.25. The molecule has 0 amide bonds. The second-order valence-corrected chi connectivity index (χ2v) is 23.8. The van der Waals surface area contributed by atoms with Crippen molar-refractivity contribution in [1.29, 1.82) is 0 Å². The van der Waals surface area contributed by atoms with Gasteiger partial charge in [0.05, 0.1) is 0 Å². The van der Waals surface area contributed by atoms with Crippen molar-refractivity contribution in [2.75, 3.05) is 0 Å². The molecule has 0 fully saturated rings. The molecule has 3 aromatic carbocycles. The van der Waals surface area contributed by atoms with E-state index in [2.05, 4.69) is 102 Å². The molecule has 6 aromatic rings. The number of nitrogens with zero attached hydrogens (tertiary/aromatic N) is 2. The number of fused-ring (bicyclic) bond motifs is 3. The van der Waals surface area contributed by atoms with Crippen LogP contribution >= 0.6 is 11.3 Å². The van der Waals surface area contributed by atoms with Crippen LogP contribution in [-0.2, 0) is 20.1 Å². The van der Waals surface area contributed by atoms with E-state index in [0.29, 0.717) is 0 Å². The predicted octanol–water partition coefficient (Wildman–Crippen LogP) is 10.4. The Labute approximate surface area is 280 Å². The molecular weight excluding hydrogens is 781 g/mol. The second-order valence-electron chi connectivity index (χ2n) is 12.1. The number of aryl methyl sites for hydroxylation is 2. The average Bonchev–Trinajstić information content (AvgIpc) is 3.35. The summed E-state index contributed by atoms with van der Waals surface area (Å²) in [4.78, 5) is 9.19. The monoisotopic (exact) mass is 825 g/mol. The van der Waals surface area contributed by atoms with Gasteiger partial charge in [0.25, 0.3) is 0 Å². The number of benzene rings is 3. The third-order valence-electron chi connectivity index (χ3n) is 7.65. The van der Waals surface area contributed by atoms with Crippen molar-refractivity contribution in [1.82, 2.24) is 9.97 Å². The molecule has 3 heterocycles. The van der Waals surface area contributed by atoms with Gasteiger partial charge in [0.2, 0.25) is 0 Å². The van der Waals surface area contributed by atoms with Crippen LogP contribution in [0.25, 0.3) is 42.7 Å². The van der Waals surface area contributed by atoms with E-state index in [1.165, 1.54) is 30.1 Å². The molecule has 1 atom stereocenters. The van der Waals surface area contributed by atoms with E-state index in [1.54, 1.807) is 38.3 Å². The molecule has 1 unspecified atom stereocenters. The van der Waals surface area contributed by atoms with Gasteiger partial charge >= 0.3 is 106 Å². The topological polar surface area (TPSA) is 25.8 Å². The van der Waals surface area contributed by atoms with Gasteiger partial charge < -0.3 is 4.98 Å². The Morgan fingerprint density at radius 2 is 1.60 bits per heavy atom. The van der Waals surface area contributed by atoms with Crippen LogP contribution in [0, 0.1) is 31.9 Å². The molecule has 0 N–H and O–H groups in total. The number of hydrogen-bond donors (Lipinski definition) is 0. The third-order valence-corrected chi connectivity index (χ3v) is 13.3. The van der Waals surface area contributed by atoms with Crippen molar-refractivity contribution >= 4 is 49.2 Å². The molecule has 0 saturated carbocycles. The van der Waals surface area contributed by atoms with E-state index >= 15 is 0 Å². The first-order valence-electron chi connectivity index (χ1n) is 15.4. The minimum atomic E-state index is -1.77. The molecule has 3 aromatic heterocycles. The number of aromatic nitrogens is 2. The Hall–Kier alpha value is -2.63. The van der Waals surface area contributed by atoms with Crippen molar-refractivity contribution in [2.24, 2.45) is 5.89 Å². The largest absolute Gasteiger partial charge is 0.305 e. The summed E-state index contributed by atoms with van der Waals surface area (Å²) < 4.78 is 21.0. The summed E-state index contributed by atoms with van der Waals surface area (Å²) in [6.45, 7) is 9.61. The predicted molar refractivity (Wildman–Crippen MR) is 186 cm³/mol. The fraction of sp³-hybridized carbons (Fsp3) is 0.263. The van der Waals surface area contributed by atoms with Gasteiger partial charge in [-0.05, 0) is 39.7 Å². The Morgan fingerprint density at radius 1 is 0.860 bits per heavy atom. The van der Waals surface area contributed by atoms with Crippen LogP contribution in [0.2, 0.25) is 17.3 Å². The van der Waals surface area contributed by atoms with Crippen LogP contribution in [0.1, 0.15) is 46.1 Å². The molecular formula is C38H40GeIrN2S-2. The maximum atomic E-state index is 8.75. The van der Waals surface area contributed by atoms with Gasteiger partial charge in [-0.25, -0.2) is 0 Å². The van der Waals surface area contributed by atoms with Gasteiger partial charge in [-0.2, -0.15) is 11.3 Å². The van der Waals surface area contributed by atoms with Crippen molar-refractivity contribution < 1.29 is 22.8 Å². The Morgan fingerprint density at radius 3 is 2.28 bits per heavy atom. The quantitative estimate of drug-likeness (QED) is 0.128. The van der Waals surface area contributed by atoms with Crippen LogP contribution in [0.15, 0.2) is 85.2 Å². The van der Waals surface area contributed by atoms with E-state index in [9.17, 15) is 0 Å². The smallest absolute Gasteiger partial charge is 0.0352 e. The van der Waals surface area contributed by atoms with Gasteiger partial charge in [0.15, 0.2) is 0 Å². The summed E-state index contributed by atoms with van der Waals surface area (Å²) in [6, 6.07) is 31.3. The van der Waals surface area contributed by atoms with Crippen LogP contribution in [-0.4, -0.2) is 23.2 Å². The maximum Gasteiger partial charge on any atom is 0.0352 e. The summed E-state index contributed by atoms with van der Waals surface area (Å²) in [5.41, 5.74) is 7.14. The second kappa shape index (κ2) is 14.0. The summed E-state index contributed by atoms with van der Waals surface area (Å²) in [5, 5.41) is 2.48. The van der Waals surface area contributed by atoms with Crippen molar-refractivity contribution in [3.8, 4) is 22.5 Å². The van der Waals surface area contributed by atoms with Gasteiger partial charge in [-0.15, -0.1) is 23.3 Å². The molecule has 0 aliphatic rings. The first kappa shape index (κ1) is 30.4. The first-order chi connectivity index (χ1) is 20.7. The summed E-state index contributed by atoms with van der Waals surface area (Å²) in [6.07, 6.45) is 3.82. The normalized spacial score (nSPS) is 13.8. The minimum absolute atomic E-state index is 0. The van der Waals surface area contributed by atoms with E-state index in [1.807, 2.05) is 30.3 Å². The van der Waals surface area contributed by atoms with Crippen LogP contribution in [0.3, 0.4) is 0 Å². The van der Waals surface area contributed by atoms with Crippen LogP contribution in [0.4, 0.5) is 0 Å². The van der Waals surface area contributed by atoms with Crippen LogP contribution < -0.4 is 4.40 Å². The third kappa shape index (κ3) is 7.54. The zero-order valence-corrected chi connectivity index (χ0v) is 31.5. The summed E-state index contributed by atoms with van der Waals surface area (Å²) >= 11 is -0.0170. The molecule has 6 rings (SSSR count). The fourth-order valence-electron chi connectivity index (χ4n) is 5.21. The molecule has 2 nitrogen and oxygen atoms in total. The molecule has 1 radical (unpaired) electrons. The fourth-order valence-corrected chi connectivity index (χ4v) is 9.98. The molecule has 223 valence electrons. The SMILES string of the molecule is Cc1cc(-c2[c-]cccc2)nc[c]1[Ge]([CH3])([CH3])[CH3].[2H]C(C)(C)C([2H])(C)c1ccnc(-c2[c-]c(C)cc3c2sc2ccccc23)c1.[Ir]. The van der Waals surface area contributed by atoms with Gasteiger partial charge in [0, 0.05) is 33.7 Å². The molecule has 5 heteroatoms. The van der Waals surface area contributed by atoms with Gasteiger partial charge in [-0.1, -0.05) is 62.9 Å². The van der Waals surface area contributed by atoms with Crippen molar-refractivity contribution in [3.05, 3.63) is 114 Å². The maximum absolute atomic E-state index is 8.75. The number of rotatable bonds is 5. The van der Waals surface area contributed by atoms with Gasteiger partial charge in [-0.3, -0.25) is 0 Å². The molecule has 0 aliphatic heterocycles. The average molecular weight is 824 g/mol. The zero-order valence-electron chi connectivity index (χ0n) is 28.2. The summed E-state index contributed by atoms with van der Waals surface area (Å²) in [7, 11) is 0. The van der Waals surface area contributed by atoms with Crippen LogP contribution in [0.5, 0.6) is 0 Å². The Bertz CT molecular complexity index is 1940. The van der Waals surface area contributed by atoms with E-state index in [0.717, 1.165) is 33.6 Å². The zero-order chi connectivity index (χ0) is 31.9. The first-order valence-corrected chi connectivity index (χ1v) is 22.6. The Kier molecular flexibility index (Phi) is 9.89. The number of thiophene rings is 1. The minimum Gasteiger partial charge on any atom is -0.305 e. The molecule has 0 saturated heterocycles. The van der Waals surface area contributed by atoms with Gasteiger partial charge in [0.1, 0.15) is 0 Å². The number of pyridine rings is 2. The van der Waals surface area contributed by atoms with E-state index in [-0.39, 0.29) is 20.1 Å². The van der Waals surface area contributed by atoms with Crippen molar-refractivity contribution in [2.45, 2.75) is 57.8 Å². The molecule has 43 heavy (non-hydrogen) atoms. The van der Waals surface area contributed by atoms with E-state index < -0.39 is 25.1 Å². The van der Waals surface area contributed by atoms with Crippen molar-refractivity contribution in [3.63, 3.8) is 0 Å². The number of hydrogen-bond acceptors (Lipinski definition) is 3.